The van der Waals surface area contributed by atoms with Crippen molar-refractivity contribution in [1.82, 2.24) is 4.90 Å². The van der Waals surface area contributed by atoms with E-state index in [-0.39, 0.29) is 11.6 Å². The number of hydrogen-bond acceptors (Lipinski definition) is 2. The van der Waals surface area contributed by atoms with Gasteiger partial charge in [0.05, 0.1) is 6.54 Å². The first kappa shape index (κ1) is 14.2. The van der Waals surface area contributed by atoms with Crippen LogP contribution in [0.15, 0.2) is 24.3 Å². The van der Waals surface area contributed by atoms with Gasteiger partial charge in [0.25, 0.3) is 0 Å². The molecular weight excluding hydrogens is 241 g/mol. The molecule has 1 fully saturated rings. The third-order valence-corrected chi connectivity index (χ3v) is 4.15. The second-order valence-corrected chi connectivity index (χ2v) is 5.76. The molecular formula is C16H22FNO. The van der Waals surface area contributed by atoms with E-state index in [2.05, 4.69) is 11.8 Å². The average Bonchev–Trinajstić information content (AvgIpc) is 2.39. The third-order valence-electron chi connectivity index (χ3n) is 4.15. The summed E-state index contributed by atoms with van der Waals surface area (Å²) in [6.45, 7) is 2.66. The summed E-state index contributed by atoms with van der Waals surface area (Å²) in [5.41, 5.74) is 0.469. The summed E-state index contributed by atoms with van der Waals surface area (Å²) in [5.74, 6) is 0.462. The number of Topliss-reactive ketones (excluding diaryl/α,β-unsaturated/α-hetero) is 1. The topological polar surface area (TPSA) is 20.3 Å². The highest BCUT2D eigenvalue weighted by Crippen LogP contribution is 2.26. The Balaban J connectivity index is 1.91. The molecule has 3 heteroatoms. The lowest BCUT2D eigenvalue weighted by Crippen LogP contribution is -2.38. The zero-order valence-electron chi connectivity index (χ0n) is 11.7. The van der Waals surface area contributed by atoms with Crippen LogP contribution in [0.4, 0.5) is 4.39 Å². The molecule has 0 spiro atoms. The molecule has 0 saturated heterocycles. The van der Waals surface area contributed by atoms with Gasteiger partial charge in [-0.15, -0.1) is 0 Å². The number of rotatable bonds is 4. The van der Waals surface area contributed by atoms with Crippen molar-refractivity contribution in [1.29, 1.82) is 0 Å². The first-order valence-electron chi connectivity index (χ1n) is 7.05. The molecule has 0 atom stereocenters. The van der Waals surface area contributed by atoms with E-state index >= 15 is 0 Å². The quantitative estimate of drug-likeness (QED) is 0.775. The Labute approximate surface area is 114 Å². The monoisotopic (exact) mass is 263 g/mol. The number of carbonyl (C=O) groups excluding carboxylic acids is 1. The van der Waals surface area contributed by atoms with Crippen LogP contribution in [0.3, 0.4) is 0 Å². The number of halogens is 1. The number of ketones is 1. The molecule has 0 radical (unpaired) electrons. The number of likely N-dealkylation sites (N-methyl/N-ethyl adjacent to an activating group) is 1. The number of hydrogen-bond donors (Lipinski definition) is 0. The molecule has 0 aliphatic heterocycles. The fraction of sp³-hybridized carbons (Fsp3) is 0.562. The van der Waals surface area contributed by atoms with E-state index in [9.17, 15) is 9.18 Å². The summed E-state index contributed by atoms with van der Waals surface area (Å²) in [6, 6.07) is 6.45. The van der Waals surface area contributed by atoms with Crippen molar-refractivity contribution in [3.63, 3.8) is 0 Å². The Kier molecular flexibility index (Phi) is 4.70. The van der Waals surface area contributed by atoms with Crippen molar-refractivity contribution in [2.75, 3.05) is 13.6 Å². The minimum absolute atomic E-state index is 0.000576. The van der Waals surface area contributed by atoms with Gasteiger partial charge in [-0.05, 0) is 50.8 Å². The van der Waals surface area contributed by atoms with Crippen LogP contribution in [0.5, 0.6) is 0 Å². The van der Waals surface area contributed by atoms with E-state index < -0.39 is 0 Å². The van der Waals surface area contributed by atoms with Crippen LogP contribution in [0, 0.1) is 11.7 Å². The molecule has 0 N–H and O–H groups in total. The van der Waals surface area contributed by atoms with E-state index in [0.717, 1.165) is 18.8 Å². The van der Waals surface area contributed by atoms with Crippen LogP contribution >= 0.6 is 0 Å². The molecule has 0 heterocycles. The summed E-state index contributed by atoms with van der Waals surface area (Å²) in [7, 11) is 2.00. The highest BCUT2D eigenvalue weighted by atomic mass is 19.1. The molecule has 0 amide bonds. The number of benzene rings is 1. The molecule has 0 aromatic heterocycles. The maximum absolute atomic E-state index is 13.1. The molecule has 0 unspecified atom stereocenters. The minimum atomic E-state index is -0.347. The van der Waals surface area contributed by atoms with E-state index in [0.29, 0.717) is 18.2 Å². The Morgan fingerprint density at radius 2 is 2.00 bits per heavy atom. The van der Waals surface area contributed by atoms with Gasteiger partial charge in [0, 0.05) is 11.6 Å². The molecule has 2 nitrogen and oxygen atoms in total. The highest BCUT2D eigenvalue weighted by molar-refractivity contribution is 5.97. The SMILES string of the molecule is CC1CCC(N(C)CC(=O)c2cccc(F)c2)CC1. The van der Waals surface area contributed by atoms with Crippen LogP contribution in [-0.2, 0) is 0 Å². The maximum atomic E-state index is 13.1. The molecule has 104 valence electrons. The van der Waals surface area contributed by atoms with Gasteiger partial charge >= 0.3 is 0 Å². The van der Waals surface area contributed by atoms with Crippen LogP contribution in [0.1, 0.15) is 43.0 Å². The smallest absolute Gasteiger partial charge is 0.176 e. The van der Waals surface area contributed by atoms with E-state index in [4.69, 9.17) is 0 Å². The van der Waals surface area contributed by atoms with Gasteiger partial charge in [0.2, 0.25) is 0 Å². The third kappa shape index (κ3) is 3.87. The predicted molar refractivity (Wildman–Crippen MR) is 74.8 cm³/mol. The largest absolute Gasteiger partial charge is 0.296 e. The Bertz CT molecular complexity index is 438. The maximum Gasteiger partial charge on any atom is 0.176 e. The second-order valence-electron chi connectivity index (χ2n) is 5.76. The van der Waals surface area contributed by atoms with E-state index in [1.807, 2.05) is 7.05 Å². The van der Waals surface area contributed by atoms with Gasteiger partial charge < -0.3 is 0 Å². The number of nitrogens with zero attached hydrogens (tertiary/aromatic N) is 1. The Morgan fingerprint density at radius 3 is 2.63 bits per heavy atom. The van der Waals surface area contributed by atoms with Gasteiger partial charge in [-0.3, -0.25) is 9.69 Å². The van der Waals surface area contributed by atoms with E-state index in [1.54, 1.807) is 12.1 Å². The molecule has 1 aliphatic carbocycles. The lowest BCUT2D eigenvalue weighted by molar-refractivity contribution is 0.0888. The molecule has 1 aromatic rings. The normalized spacial score (nSPS) is 23.6. The zero-order valence-corrected chi connectivity index (χ0v) is 11.7. The Hall–Kier alpha value is -1.22. The van der Waals surface area contributed by atoms with Crippen molar-refractivity contribution in [3.05, 3.63) is 35.6 Å². The van der Waals surface area contributed by atoms with E-state index in [1.165, 1.54) is 25.0 Å². The lowest BCUT2D eigenvalue weighted by atomic mass is 9.86. The molecule has 2 rings (SSSR count). The second kappa shape index (κ2) is 6.29. The first-order valence-corrected chi connectivity index (χ1v) is 7.05. The van der Waals surface area contributed by atoms with Crippen molar-refractivity contribution in [2.45, 2.75) is 38.6 Å². The highest BCUT2D eigenvalue weighted by Gasteiger charge is 2.23. The van der Waals surface area contributed by atoms with Gasteiger partial charge in [-0.25, -0.2) is 4.39 Å². The van der Waals surface area contributed by atoms with Crippen LogP contribution in [0.2, 0.25) is 0 Å². The molecule has 19 heavy (non-hydrogen) atoms. The van der Waals surface area contributed by atoms with Gasteiger partial charge in [-0.2, -0.15) is 0 Å². The molecule has 1 aliphatic rings. The minimum Gasteiger partial charge on any atom is -0.296 e. The molecule has 0 bridgehead atoms. The lowest BCUT2D eigenvalue weighted by Gasteiger charge is -2.33. The predicted octanol–water partition coefficient (Wildman–Crippen LogP) is 3.52. The zero-order chi connectivity index (χ0) is 13.8. The first-order chi connectivity index (χ1) is 9.06. The fourth-order valence-electron chi connectivity index (χ4n) is 2.79. The summed E-state index contributed by atoms with van der Waals surface area (Å²) >= 11 is 0. The van der Waals surface area contributed by atoms with Crippen LogP contribution < -0.4 is 0 Å². The van der Waals surface area contributed by atoms with Crippen molar-refractivity contribution < 1.29 is 9.18 Å². The summed E-state index contributed by atoms with van der Waals surface area (Å²) in [4.78, 5) is 14.2. The standard InChI is InChI=1S/C16H22FNO/c1-12-6-8-15(9-7-12)18(2)11-16(19)13-4-3-5-14(17)10-13/h3-5,10,12,15H,6-9,11H2,1-2H3. The summed E-state index contributed by atoms with van der Waals surface area (Å²) < 4.78 is 13.1. The number of carbonyl (C=O) groups is 1. The molecule has 1 saturated carbocycles. The van der Waals surface area contributed by atoms with Gasteiger partial charge in [0.15, 0.2) is 5.78 Å². The van der Waals surface area contributed by atoms with Crippen molar-refractivity contribution in [2.24, 2.45) is 5.92 Å². The average molecular weight is 263 g/mol. The van der Waals surface area contributed by atoms with Crippen LogP contribution in [0.25, 0.3) is 0 Å². The van der Waals surface area contributed by atoms with Gasteiger partial charge in [0.1, 0.15) is 5.82 Å². The summed E-state index contributed by atoms with van der Waals surface area (Å²) in [6.07, 6.45) is 4.80. The Morgan fingerprint density at radius 1 is 1.32 bits per heavy atom. The summed E-state index contributed by atoms with van der Waals surface area (Å²) in [5, 5.41) is 0. The van der Waals surface area contributed by atoms with Crippen molar-refractivity contribution in [3.8, 4) is 0 Å². The van der Waals surface area contributed by atoms with Crippen molar-refractivity contribution >= 4 is 5.78 Å². The van der Waals surface area contributed by atoms with Gasteiger partial charge in [-0.1, -0.05) is 19.1 Å². The van der Waals surface area contributed by atoms with Crippen LogP contribution in [-0.4, -0.2) is 30.3 Å². The fourth-order valence-corrected chi connectivity index (χ4v) is 2.79. The molecule has 1 aromatic carbocycles.